The number of nitrogens with two attached hydrogens (primary N) is 1. The van der Waals surface area contributed by atoms with Crippen LogP contribution in [0.5, 0.6) is 0 Å². The Hall–Kier alpha value is -2.08. The van der Waals surface area contributed by atoms with E-state index >= 15 is 0 Å². The van der Waals surface area contributed by atoms with Crippen LogP contribution in [-0.2, 0) is 0 Å². The minimum absolute atomic E-state index is 0.248. The Balaban J connectivity index is 2.10. The van der Waals surface area contributed by atoms with E-state index < -0.39 is 0 Å². The van der Waals surface area contributed by atoms with E-state index in [1.54, 1.807) is 19.1 Å². The van der Waals surface area contributed by atoms with E-state index in [4.69, 9.17) is 17.3 Å². The molecule has 18 heavy (non-hydrogen) atoms. The fourth-order valence-electron chi connectivity index (χ4n) is 1.46. The molecule has 0 aliphatic heterocycles. The van der Waals surface area contributed by atoms with Gasteiger partial charge in [0, 0.05) is 5.56 Å². The van der Waals surface area contributed by atoms with Crippen LogP contribution in [0.2, 0.25) is 5.02 Å². The van der Waals surface area contributed by atoms with E-state index in [9.17, 15) is 4.79 Å². The Labute approximate surface area is 109 Å². The van der Waals surface area contributed by atoms with Crippen molar-refractivity contribution in [1.82, 2.24) is 20.5 Å². The first-order valence-corrected chi connectivity index (χ1v) is 5.67. The molecule has 4 N–H and O–H groups in total. The Bertz CT molecular complexity index is 555. The lowest BCUT2D eigenvalue weighted by atomic mass is 10.1. The van der Waals surface area contributed by atoms with Gasteiger partial charge in [0.05, 0.1) is 16.8 Å². The van der Waals surface area contributed by atoms with Gasteiger partial charge in [-0.25, -0.2) is 4.98 Å². The molecule has 6 nitrogen and oxygen atoms in total. The maximum atomic E-state index is 11.9. The molecule has 0 aliphatic carbocycles. The number of halogens is 1. The maximum absolute atomic E-state index is 11.9. The zero-order valence-electron chi connectivity index (χ0n) is 9.64. The van der Waals surface area contributed by atoms with Crippen LogP contribution in [0.15, 0.2) is 24.5 Å². The third kappa shape index (κ3) is 2.60. The summed E-state index contributed by atoms with van der Waals surface area (Å²) in [6.45, 7) is 1.80. The summed E-state index contributed by atoms with van der Waals surface area (Å²) in [4.78, 5) is 15.9. The van der Waals surface area contributed by atoms with Gasteiger partial charge in [0.15, 0.2) is 0 Å². The number of aromatic nitrogens is 3. The largest absolute Gasteiger partial charge is 0.398 e. The molecule has 1 unspecified atom stereocenters. The quantitative estimate of drug-likeness (QED) is 0.733. The van der Waals surface area contributed by atoms with Crippen molar-refractivity contribution in [2.75, 3.05) is 5.73 Å². The predicted molar refractivity (Wildman–Crippen MR) is 68.1 cm³/mol. The van der Waals surface area contributed by atoms with Crippen LogP contribution >= 0.6 is 11.6 Å². The summed E-state index contributed by atoms with van der Waals surface area (Å²) in [6.07, 6.45) is 1.39. The average molecular weight is 266 g/mol. The summed E-state index contributed by atoms with van der Waals surface area (Å²) in [5.74, 6) is 0.340. The smallest absolute Gasteiger partial charge is 0.251 e. The van der Waals surface area contributed by atoms with Crippen LogP contribution < -0.4 is 11.1 Å². The number of carbonyl (C=O) groups excluding carboxylic acids is 1. The van der Waals surface area contributed by atoms with Gasteiger partial charge >= 0.3 is 0 Å². The van der Waals surface area contributed by atoms with Gasteiger partial charge in [-0.15, -0.1) is 0 Å². The number of hydrogen-bond donors (Lipinski definition) is 3. The molecule has 1 aromatic heterocycles. The highest BCUT2D eigenvalue weighted by Crippen LogP contribution is 2.19. The molecule has 1 atom stereocenters. The third-order valence-electron chi connectivity index (χ3n) is 2.45. The first kappa shape index (κ1) is 12.4. The Kier molecular flexibility index (Phi) is 3.47. The van der Waals surface area contributed by atoms with Crippen LogP contribution in [0.4, 0.5) is 5.69 Å². The molecule has 7 heteroatoms. The molecule has 0 radical (unpaired) electrons. The van der Waals surface area contributed by atoms with E-state index in [0.717, 1.165) is 0 Å². The number of nitrogens with one attached hydrogen (secondary N) is 2. The molecule has 0 bridgehead atoms. The summed E-state index contributed by atoms with van der Waals surface area (Å²) < 4.78 is 0. The van der Waals surface area contributed by atoms with Crippen molar-refractivity contribution in [3.05, 3.63) is 40.9 Å². The Morgan fingerprint density at radius 2 is 2.33 bits per heavy atom. The molecule has 0 saturated heterocycles. The number of H-pyrrole nitrogens is 1. The van der Waals surface area contributed by atoms with Crippen LogP contribution in [0.25, 0.3) is 0 Å². The summed E-state index contributed by atoms with van der Waals surface area (Å²) in [5.41, 5.74) is 6.46. The number of benzene rings is 1. The van der Waals surface area contributed by atoms with E-state index in [1.807, 2.05) is 0 Å². The molecule has 2 rings (SSSR count). The Morgan fingerprint density at radius 3 is 2.94 bits per heavy atom. The molecule has 1 heterocycles. The summed E-state index contributed by atoms with van der Waals surface area (Å²) in [5, 5.41) is 9.62. The molecule has 0 spiro atoms. The van der Waals surface area contributed by atoms with E-state index in [2.05, 4.69) is 20.5 Å². The van der Waals surface area contributed by atoms with Crippen molar-refractivity contribution in [2.24, 2.45) is 0 Å². The average Bonchev–Trinajstić information content (AvgIpc) is 2.86. The van der Waals surface area contributed by atoms with Crippen molar-refractivity contribution < 1.29 is 4.79 Å². The first-order chi connectivity index (χ1) is 8.58. The lowest BCUT2D eigenvalue weighted by Crippen LogP contribution is -2.27. The predicted octanol–water partition coefficient (Wildman–Crippen LogP) is 1.53. The maximum Gasteiger partial charge on any atom is 0.251 e. The van der Waals surface area contributed by atoms with Crippen molar-refractivity contribution in [2.45, 2.75) is 13.0 Å². The van der Waals surface area contributed by atoms with Gasteiger partial charge < -0.3 is 11.1 Å². The van der Waals surface area contributed by atoms with Gasteiger partial charge in [0.2, 0.25) is 0 Å². The van der Waals surface area contributed by atoms with Crippen molar-refractivity contribution >= 4 is 23.2 Å². The monoisotopic (exact) mass is 265 g/mol. The van der Waals surface area contributed by atoms with Crippen LogP contribution in [0.3, 0.4) is 0 Å². The number of aromatic amines is 1. The number of amides is 1. The van der Waals surface area contributed by atoms with Gasteiger partial charge in [-0.05, 0) is 25.1 Å². The number of rotatable bonds is 3. The third-order valence-corrected chi connectivity index (χ3v) is 2.79. The summed E-state index contributed by atoms with van der Waals surface area (Å²) in [7, 11) is 0. The molecule has 0 fully saturated rings. The van der Waals surface area contributed by atoms with Crippen molar-refractivity contribution in [3.63, 3.8) is 0 Å². The topological polar surface area (TPSA) is 96.7 Å². The zero-order valence-corrected chi connectivity index (χ0v) is 10.4. The standard InChI is InChI=1S/C11H12ClN5O/c1-6(10-14-5-15-17-10)16-11(18)7-2-3-8(12)9(13)4-7/h2-6H,13H2,1H3,(H,16,18)(H,14,15,17). The van der Waals surface area contributed by atoms with Gasteiger partial charge in [0.25, 0.3) is 5.91 Å². The van der Waals surface area contributed by atoms with Gasteiger partial charge in [-0.1, -0.05) is 11.6 Å². The second-order valence-electron chi connectivity index (χ2n) is 3.80. The molecular weight excluding hydrogens is 254 g/mol. The first-order valence-electron chi connectivity index (χ1n) is 5.29. The highest BCUT2D eigenvalue weighted by Gasteiger charge is 2.14. The SMILES string of the molecule is CC(NC(=O)c1ccc(Cl)c(N)c1)c1ncn[nH]1. The van der Waals surface area contributed by atoms with Gasteiger partial charge in [-0.3, -0.25) is 9.89 Å². The van der Waals surface area contributed by atoms with Crippen LogP contribution in [0.1, 0.15) is 29.1 Å². The number of carbonyl (C=O) groups is 1. The van der Waals surface area contributed by atoms with E-state index in [-0.39, 0.29) is 11.9 Å². The Morgan fingerprint density at radius 1 is 1.56 bits per heavy atom. The lowest BCUT2D eigenvalue weighted by Gasteiger charge is -2.11. The normalized spacial score (nSPS) is 12.1. The molecule has 2 aromatic rings. The van der Waals surface area contributed by atoms with Gasteiger partial charge in [0.1, 0.15) is 12.2 Å². The van der Waals surface area contributed by atoms with E-state index in [1.165, 1.54) is 12.4 Å². The fraction of sp³-hybridized carbons (Fsp3) is 0.182. The second-order valence-corrected chi connectivity index (χ2v) is 4.21. The van der Waals surface area contributed by atoms with Crippen molar-refractivity contribution in [1.29, 1.82) is 0 Å². The number of nitrogen functional groups attached to an aromatic ring is 1. The van der Waals surface area contributed by atoms with Crippen LogP contribution in [0, 0.1) is 0 Å². The second kappa shape index (κ2) is 5.05. The minimum atomic E-state index is -0.267. The summed E-state index contributed by atoms with van der Waals surface area (Å²) >= 11 is 5.79. The number of anilines is 1. The molecule has 1 amide bonds. The molecule has 0 aliphatic rings. The van der Waals surface area contributed by atoms with Gasteiger partial charge in [-0.2, -0.15) is 5.10 Å². The van der Waals surface area contributed by atoms with E-state index in [0.29, 0.717) is 22.1 Å². The molecule has 1 aromatic carbocycles. The number of nitrogens with zero attached hydrogens (tertiary/aromatic N) is 2. The fourth-order valence-corrected chi connectivity index (χ4v) is 1.57. The molecule has 94 valence electrons. The zero-order chi connectivity index (χ0) is 13.1. The highest BCUT2D eigenvalue weighted by atomic mass is 35.5. The lowest BCUT2D eigenvalue weighted by molar-refractivity contribution is 0.0938. The molecular formula is C11H12ClN5O. The number of hydrogen-bond acceptors (Lipinski definition) is 4. The van der Waals surface area contributed by atoms with Crippen molar-refractivity contribution in [3.8, 4) is 0 Å². The summed E-state index contributed by atoms with van der Waals surface area (Å²) in [6, 6.07) is 4.47. The minimum Gasteiger partial charge on any atom is -0.398 e. The van der Waals surface area contributed by atoms with Crippen LogP contribution in [-0.4, -0.2) is 21.1 Å². The molecule has 0 saturated carbocycles. The highest BCUT2D eigenvalue weighted by molar-refractivity contribution is 6.33.